The molecule has 0 radical (unpaired) electrons. The standard InChI is InChI=1S/C20H23F3N2O2/c1-26-18-10-3-2-6-15(18)13-25-17-9-5-11-24-19(17)14-7-4-8-16(12-14)27-20(21,22)23/h2-4,6-8,10,12,17,19,24-25H,5,9,11,13H2,1H3. The van der Waals surface area contributed by atoms with E-state index < -0.39 is 6.36 Å². The third-order valence-corrected chi connectivity index (χ3v) is 4.66. The summed E-state index contributed by atoms with van der Waals surface area (Å²) in [7, 11) is 1.63. The van der Waals surface area contributed by atoms with Crippen molar-refractivity contribution in [3.63, 3.8) is 0 Å². The van der Waals surface area contributed by atoms with E-state index in [0.717, 1.165) is 36.3 Å². The average molecular weight is 380 g/mol. The molecule has 0 aliphatic carbocycles. The predicted molar refractivity (Wildman–Crippen MR) is 96.7 cm³/mol. The van der Waals surface area contributed by atoms with Crippen LogP contribution in [0.5, 0.6) is 11.5 Å². The molecular weight excluding hydrogens is 357 g/mol. The van der Waals surface area contributed by atoms with Crippen LogP contribution in [0.15, 0.2) is 48.5 Å². The maximum atomic E-state index is 12.5. The Morgan fingerprint density at radius 2 is 1.96 bits per heavy atom. The number of piperidine rings is 1. The highest BCUT2D eigenvalue weighted by Crippen LogP contribution is 2.29. The van der Waals surface area contributed by atoms with Gasteiger partial charge in [0.15, 0.2) is 0 Å². The Balaban J connectivity index is 1.73. The first kappa shape index (κ1) is 19.5. The summed E-state index contributed by atoms with van der Waals surface area (Å²) < 4.78 is 47.0. The number of halogens is 3. The third kappa shape index (κ3) is 5.37. The molecule has 2 atom stereocenters. The molecule has 3 rings (SSSR count). The quantitative estimate of drug-likeness (QED) is 0.789. The molecule has 7 heteroatoms. The second-order valence-electron chi connectivity index (χ2n) is 6.49. The second-order valence-corrected chi connectivity index (χ2v) is 6.49. The lowest BCUT2D eigenvalue weighted by molar-refractivity contribution is -0.274. The molecule has 1 aliphatic rings. The van der Waals surface area contributed by atoms with Crippen molar-refractivity contribution in [3.05, 3.63) is 59.7 Å². The molecule has 2 N–H and O–H groups in total. The van der Waals surface area contributed by atoms with Gasteiger partial charge < -0.3 is 20.1 Å². The Labute approximate surface area is 156 Å². The molecule has 0 amide bonds. The summed E-state index contributed by atoms with van der Waals surface area (Å²) >= 11 is 0. The van der Waals surface area contributed by atoms with Gasteiger partial charge in [-0.15, -0.1) is 13.2 Å². The molecule has 0 bridgehead atoms. The van der Waals surface area contributed by atoms with E-state index in [4.69, 9.17) is 4.74 Å². The third-order valence-electron chi connectivity index (χ3n) is 4.66. The van der Waals surface area contributed by atoms with Gasteiger partial charge in [-0.25, -0.2) is 0 Å². The van der Waals surface area contributed by atoms with Crippen LogP contribution in [0, 0.1) is 0 Å². The van der Waals surface area contributed by atoms with Gasteiger partial charge in [-0.05, 0) is 43.1 Å². The lowest BCUT2D eigenvalue weighted by atomic mass is 9.92. The van der Waals surface area contributed by atoms with Gasteiger partial charge in [0.25, 0.3) is 0 Å². The fraction of sp³-hybridized carbons (Fsp3) is 0.400. The Bertz CT molecular complexity index is 752. The lowest BCUT2D eigenvalue weighted by Gasteiger charge is -2.34. The molecule has 0 saturated carbocycles. The zero-order valence-corrected chi connectivity index (χ0v) is 15.1. The highest BCUT2D eigenvalue weighted by atomic mass is 19.4. The minimum Gasteiger partial charge on any atom is -0.496 e. The summed E-state index contributed by atoms with van der Waals surface area (Å²) in [6.07, 6.45) is -2.77. The SMILES string of the molecule is COc1ccccc1CNC1CCCNC1c1cccc(OC(F)(F)F)c1. The largest absolute Gasteiger partial charge is 0.573 e. The van der Waals surface area contributed by atoms with Crippen molar-refractivity contribution in [1.29, 1.82) is 0 Å². The minimum absolute atomic E-state index is 0.0878. The maximum Gasteiger partial charge on any atom is 0.573 e. The van der Waals surface area contributed by atoms with Crippen molar-refractivity contribution < 1.29 is 22.6 Å². The smallest absolute Gasteiger partial charge is 0.496 e. The number of rotatable bonds is 6. The van der Waals surface area contributed by atoms with E-state index in [1.165, 1.54) is 12.1 Å². The topological polar surface area (TPSA) is 42.5 Å². The summed E-state index contributed by atoms with van der Waals surface area (Å²) in [4.78, 5) is 0. The Morgan fingerprint density at radius 3 is 2.74 bits per heavy atom. The van der Waals surface area contributed by atoms with Gasteiger partial charge in [0.1, 0.15) is 11.5 Å². The monoisotopic (exact) mass is 380 g/mol. The number of benzene rings is 2. The van der Waals surface area contributed by atoms with E-state index in [0.29, 0.717) is 6.54 Å². The molecule has 2 aromatic rings. The van der Waals surface area contributed by atoms with Gasteiger partial charge in [0, 0.05) is 24.2 Å². The van der Waals surface area contributed by atoms with E-state index in [1.807, 2.05) is 30.3 Å². The molecule has 146 valence electrons. The van der Waals surface area contributed by atoms with Crippen LogP contribution >= 0.6 is 0 Å². The van der Waals surface area contributed by atoms with E-state index >= 15 is 0 Å². The number of methoxy groups -OCH3 is 1. The zero-order valence-electron chi connectivity index (χ0n) is 15.1. The van der Waals surface area contributed by atoms with Crippen LogP contribution in [-0.4, -0.2) is 26.1 Å². The van der Waals surface area contributed by atoms with Crippen LogP contribution in [0.4, 0.5) is 13.2 Å². The van der Waals surface area contributed by atoms with Crippen molar-refractivity contribution in [2.45, 2.75) is 37.8 Å². The molecule has 0 aromatic heterocycles. The van der Waals surface area contributed by atoms with Gasteiger partial charge in [-0.1, -0.05) is 30.3 Å². The zero-order chi connectivity index (χ0) is 19.3. The van der Waals surface area contributed by atoms with Crippen LogP contribution in [0.25, 0.3) is 0 Å². The van der Waals surface area contributed by atoms with E-state index in [2.05, 4.69) is 15.4 Å². The fourth-order valence-electron chi connectivity index (χ4n) is 3.45. The van der Waals surface area contributed by atoms with Crippen molar-refractivity contribution in [3.8, 4) is 11.5 Å². The molecule has 2 unspecified atom stereocenters. The number of para-hydroxylation sites is 1. The molecule has 0 spiro atoms. The van der Waals surface area contributed by atoms with Gasteiger partial charge in [0.2, 0.25) is 0 Å². The summed E-state index contributed by atoms with van der Waals surface area (Å²) in [6.45, 7) is 1.44. The highest BCUT2D eigenvalue weighted by molar-refractivity contribution is 5.34. The molecule has 2 aromatic carbocycles. The molecular formula is C20H23F3N2O2. The first-order valence-electron chi connectivity index (χ1n) is 8.90. The lowest BCUT2D eigenvalue weighted by Crippen LogP contribution is -2.45. The van der Waals surface area contributed by atoms with Gasteiger partial charge in [0.05, 0.1) is 7.11 Å². The molecule has 1 heterocycles. The normalized spacial score (nSPS) is 20.3. The van der Waals surface area contributed by atoms with Crippen LogP contribution in [-0.2, 0) is 6.54 Å². The van der Waals surface area contributed by atoms with Crippen molar-refractivity contribution in [2.75, 3.05) is 13.7 Å². The molecule has 1 aliphatic heterocycles. The predicted octanol–water partition coefficient (Wildman–Crippen LogP) is 4.18. The second kappa shape index (κ2) is 8.63. The van der Waals surface area contributed by atoms with Gasteiger partial charge in [-0.3, -0.25) is 0 Å². The number of ether oxygens (including phenoxy) is 2. The van der Waals surface area contributed by atoms with Crippen molar-refractivity contribution in [1.82, 2.24) is 10.6 Å². The Hall–Kier alpha value is -2.25. The molecule has 4 nitrogen and oxygen atoms in total. The van der Waals surface area contributed by atoms with Crippen LogP contribution in [0.2, 0.25) is 0 Å². The summed E-state index contributed by atoms with van der Waals surface area (Å²) in [5, 5.41) is 6.93. The summed E-state index contributed by atoms with van der Waals surface area (Å²) in [5.74, 6) is 0.613. The Kier molecular flexibility index (Phi) is 6.23. The number of hydrogen-bond donors (Lipinski definition) is 2. The number of hydrogen-bond acceptors (Lipinski definition) is 4. The van der Waals surface area contributed by atoms with Crippen molar-refractivity contribution in [2.24, 2.45) is 0 Å². The summed E-state index contributed by atoms with van der Waals surface area (Å²) in [6, 6.07) is 13.9. The van der Waals surface area contributed by atoms with E-state index in [1.54, 1.807) is 13.2 Å². The van der Waals surface area contributed by atoms with Gasteiger partial charge in [-0.2, -0.15) is 0 Å². The fourth-order valence-corrected chi connectivity index (χ4v) is 3.45. The van der Waals surface area contributed by atoms with Crippen LogP contribution in [0.1, 0.15) is 30.0 Å². The number of alkyl halides is 3. The molecule has 27 heavy (non-hydrogen) atoms. The van der Waals surface area contributed by atoms with Crippen LogP contribution in [0.3, 0.4) is 0 Å². The van der Waals surface area contributed by atoms with Crippen molar-refractivity contribution >= 4 is 0 Å². The Morgan fingerprint density at radius 1 is 1.15 bits per heavy atom. The van der Waals surface area contributed by atoms with Crippen LogP contribution < -0.4 is 20.1 Å². The summed E-state index contributed by atoms with van der Waals surface area (Å²) in [5.41, 5.74) is 1.81. The first-order chi connectivity index (χ1) is 13.0. The number of nitrogens with one attached hydrogen (secondary N) is 2. The first-order valence-corrected chi connectivity index (χ1v) is 8.90. The van der Waals surface area contributed by atoms with E-state index in [9.17, 15) is 13.2 Å². The van der Waals surface area contributed by atoms with Gasteiger partial charge >= 0.3 is 6.36 Å². The molecule has 1 saturated heterocycles. The minimum atomic E-state index is -4.69. The maximum absolute atomic E-state index is 12.5. The average Bonchev–Trinajstić information content (AvgIpc) is 2.65. The van der Waals surface area contributed by atoms with E-state index in [-0.39, 0.29) is 17.8 Å². The molecule has 1 fully saturated rings. The highest BCUT2D eigenvalue weighted by Gasteiger charge is 2.32.